The molecule has 0 bridgehead atoms. The molecule has 2 aromatic heterocycles. The zero-order valence-corrected chi connectivity index (χ0v) is 10.2. The molecule has 2 N–H and O–H groups in total. The van der Waals surface area contributed by atoms with Crippen LogP contribution in [0.3, 0.4) is 0 Å². The van der Waals surface area contributed by atoms with Crippen LogP contribution in [0.15, 0.2) is 24.5 Å². The van der Waals surface area contributed by atoms with E-state index in [1.165, 1.54) is 0 Å². The van der Waals surface area contributed by atoms with E-state index in [1.54, 1.807) is 24.5 Å². The summed E-state index contributed by atoms with van der Waals surface area (Å²) in [6.07, 6.45) is 4.27. The van der Waals surface area contributed by atoms with Crippen molar-refractivity contribution in [2.75, 3.05) is 5.32 Å². The Bertz CT molecular complexity index is 504. The number of aryl methyl sites for hydroxylation is 1. The number of H-pyrrole nitrogens is 1. The maximum Gasteiger partial charge on any atom is 0.273 e. The monoisotopic (exact) mass is 252 g/mol. The lowest BCUT2D eigenvalue weighted by Crippen LogP contribution is -2.17. The van der Waals surface area contributed by atoms with E-state index in [2.05, 4.69) is 15.5 Å². The van der Waals surface area contributed by atoms with Crippen molar-refractivity contribution in [2.45, 2.75) is 19.9 Å². The van der Waals surface area contributed by atoms with Crippen LogP contribution in [-0.2, 0) is 6.54 Å². The van der Waals surface area contributed by atoms with Gasteiger partial charge in [0.1, 0.15) is 11.5 Å². The highest BCUT2D eigenvalue weighted by Gasteiger charge is 2.13. The molecule has 0 saturated heterocycles. The summed E-state index contributed by atoms with van der Waals surface area (Å²) in [6.45, 7) is 2.81. The van der Waals surface area contributed by atoms with Crippen LogP contribution in [0.2, 0.25) is 5.02 Å². The summed E-state index contributed by atoms with van der Waals surface area (Å²) < 4.78 is 1.84. The van der Waals surface area contributed by atoms with Crippen molar-refractivity contribution < 1.29 is 4.79 Å². The minimum Gasteiger partial charge on any atom is -0.342 e. The van der Waals surface area contributed by atoms with E-state index < -0.39 is 0 Å². The van der Waals surface area contributed by atoms with Crippen LogP contribution in [-0.4, -0.2) is 20.7 Å². The smallest absolute Gasteiger partial charge is 0.273 e. The Kier molecular flexibility index (Phi) is 3.49. The first-order valence-corrected chi connectivity index (χ1v) is 5.75. The SMILES string of the molecule is CCCn1cc(Cl)cc1C(=O)Nc1ccn[nH]1. The normalized spacial score (nSPS) is 10.5. The molecule has 5 nitrogen and oxygen atoms in total. The number of nitrogens with zero attached hydrogens (tertiary/aromatic N) is 2. The van der Waals surface area contributed by atoms with Crippen molar-refractivity contribution in [1.29, 1.82) is 0 Å². The van der Waals surface area contributed by atoms with Crippen LogP contribution < -0.4 is 5.32 Å². The van der Waals surface area contributed by atoms with Gasteiger partial charge in [0.05, 0.1) is 11.2 Å². The molecule has 2 aromatic rings. The van der Waals surface area contributed by atoms with Gasteiger partial charge in [0.15, 0.2) is 0 Å². The first-order valence-electron chi connectivity index (χ1n) is 5.37. The van der Waals surface area contributed by atoms with E-state index in [1.807, 2.05) is 11.5 Å². The van der Waals surface area contributed by atoms with Crippen molar-refractivity contribution in [1.82, 2.24) is 14.8 Å². The summed E-state index contributed by atoms with van der Waals surface area (Å²) in [7, 11) is 0. The Balaban J connectivity index is 2.18. The van der Waals surface area contributed by atoms with Crippen LogP contribution in [0.1, 0.15) is 23.8 Å². The molecule has 0 aliphatic rings. The quantitative estimate of drug-likeness (QED) is 0.878. The van der Waals surface area contributed by atoms with E-state index in [9.17, 15) is 4.79 Å². The Labute approximate surface area is 104 Å². The number of rotatable bonds is 4. The second-order valence-electron chi connectivity index (χ2n) is 3.66. The number of anilines is 1. The van der Waals surface area contributed by atoms with Gasteiger partial charge in [0.2, 0.25) is 0 Å². The highest BCUT2D eigenvalue weighted by molar-refractivity contribution is 6.31. The van der Waals surface area contributed by atoms with Crippen molar-refractivity contribution in [3.05, 3.63) is 35.2 Å². The second kappa shape index (κ2) is 5.05. The molecule has 0 aliphatic heterocycles. The van der Waals surface area contributed by atoms with Gasteiger partial charge in [-0.05, 0) is 12.5 Å². The highest BCUT2D eigenvalue weighted by Crippen LogP contribution is 2.16. The fourth-order valence-electron chi connectivity index (χ4n) is 1.60. The molecule has 0 atom stereocenters. The van der Waals surface area contributed by atoms with Crippen molar-refractivity contribution in [2.24, 2.45) is 0 Å². The van der Waals surface area contributed by atoms with Gasteiger partial charge in [-0.15, -0.1) is 0 Å². The van der Waals surface area contributed by atoms with Gasteiger partial charge in [-0.1, -0.05) is 18.5 Å². The van der Waals surface area contributed by atoms with Crippen LogP contribution in [0.25, 0.3) is 0 Å². The number of carbonyl (C=O) groups excluding carboxylic acids is 1. The van der Waals surface area contributed by atoms with Gasteiger partial charge in [-0.3, -0.25) is 9.89 Å². The average molecular weight is 253 g/mol. The third-order valence-electron chi connectivity index (χ3n) is 2.31. The van der Waals surface area contributed by atoms with Gasteiger partial charge >= 0.3 is 0 Å². The van der Waals surface area contributed by atoms with Crippen LogP contribution in [0.5, 0.6) is 0 Å². The molecule has 0 aromatic carbocycles. The third-order valence-corrected chi connectivity index (χ3v) is 2.52. The molecule has 0 fully saturated rings. The van der Waals surface area contributed by atoms with E-state index in [0.717, 1.165) is 13.0 Å². The molecular formula is C11H13ClN4O. The van der Waals surface area contributed by atoms with E-state index >= 15 is 0 Å². The van der Waals surface area contributed by atoms with E-state index in [4.69, 9.17) is 11.6 Å². The maximum absolute atomic E-state index is 12.0. The zero-order chi connectivity index (χ0) is 12.3. The average Bonchev–Trinajstić information content (AvgIpc) is 2.88. The summed E-state index contributed by atoms with van der Waals surface area (Å²) >= 11 is 5.91. The molecule has 0 radical (unpaired) electrons. The molecule has 0 aliphatic carbocycles. The fourth-order valence-corrected chi connectivity index (χ4v) is 1.82. The molecule has 0 unspecified atom stereocenters. The summed E-state index contributed by atoms with van der Waals surface area (Å²) in [5.41, 5.74) is 0.548. The maximum atomic E-state index is 12.0. The van der Waals surface area contributed by atoms with Crippen LogP contribution in [0, 0.1) is 0 Å². The number of amides is 1. The topological polar surface area (TPSA) is 62.7 Å². The predicted molar refractivity (Wildman–Crippen MR) is 66.3 cm³/mol. The van der Waals surface area contributed by atoms with Crippen LogP contribution >= 0.6 is 11.6 Å². The first-order chi connectivity index (χ1) is 8.20. The van der Waals surface area contributed by atoms with Crippen molar-refractivity contribution in [3.63, 3.8) is 0 Å². The number of halogens is 1. The number of nitrogens with one attached hydrogen (secondary N) is 2. The van der Waals surface area contributed by atoms with Crippen molar-refractivity contribution in [3.8, 4) is 0 Å². The lowest BCUT2D eigenvalue weighted by Gasteiger charge is -2.06. The molecule has 1 amide bonds. The molecule has 0 saturated carbocycles. The Hall–Kier alpha value is -1.75. The van der Waals surface area contributed by atoms with E-state index in [0.29, 0.717) is 16.5 Å². The summed E-state index contributed by atoms with van der Waals surface area (Å²) in [6, 6.07) is 3.34. The Morgan fingerprint density at radius 1 is 1.65 bits per heavy atom. The van der Waals surface area contributed by atoms with Gasteiger partial charge in [0.25, 0.3) is 5.91 Å². The largest absolute Gasteiger partial charge is 0.342 e. The summed E-state index contributed by atoms with van der Waals surface area (Å²) in [5, 5.41) is 9.71. The molecule has 6 heteroatoms. The van der Waals surface area contributed by atoms with Gasteiger partial charge in [-0.2, -0.15) is 5.10 Å². The molecule has 2 heterocycles. The summed E-state index contributed by atoms with van der Waals surface area (Å²) in [5.74, 6) is 0.366. The van der Waals surface area contributed by atoms with Gasteiger partial charge in [-0.25, -0.2) is 0 Å². The molecule has 17 heavy (non-hydrogen) atoms. The number of aromatic amines is 1. The Morgan fingerprint density at radius 2 is 2.47 bits per heavy atom. The number of carbonyl (C=O) groups is 1. The lowest BCUT2D eigenvalue weighted by molar-refractivity contribution is 0.101. The van der Waals surface area contributed by atoms with Gasteiger partial charge in [0, 0.05) is 18.8 Å². The number of hydrogen-bond donors (Lipinski definition) is 2. The third kappa shape index (κ3) is 2.68. The molecule has 90 valence electrons. The second-order valence-corrected chi connectivity index (χ2v) is 4.10. The van der Waals surface area contributed by atoms with E-state index in [-0.39, 0.29) is 5.91 Å². The first kappa shape index (κ1) is 11.7. The minimum absolute atomic E-state index is 0.199. The standard InChI is InChI=1S/C11H13ClN4O/c1-2-5-16-7-8(12)6-9(16)11(17)14-10-3-4-13-15-10/h3-4,6-7H,2,5H2,1H3,(H2,13,14,15,17). The fraction of sp³-hybridized carbons (Fsp3) is 0.273. The summed E-state index contributed by atoms with van der Waals surface area (Å²) in [4.78, 5) is 12.0. The van der Waals surface area contributed by atoms with Crippen LogP contribution in [0.4, 0.5) is 5.82 Å². The predicted octanol–water partition coefficient (Wildman–Crippen LogP) is 2.53. The molecule has 2 rings (SSSR count). The number of hydrogen-bond acceptors (Lipinski definition) is 2. The lowest BCUT2D eigenvalue weighted by atomic mass is 10.3. The molecule has 0 spiro atoms. The van der Waals surface area contributed by atoms with Gasteiger partial charge < -0.3 is 9.88 Å². The Morgan fingerprint density at radius 3 is 3.12 bits per heavy atom. The number of aromatic nitrogens is 3. The highest BCUT2D eigenvalue weighted by atomic mass is 35.5. The minimum atomic E-state index is -0.199. The molecular weight excluding hydrogens is 240 g/mol. The zero-order valence-electron chi connectivity index (χ0n) is 9.40. The van der Waals surface area contributed by atoms with Crippen molar-refractivity contribution >= 4 is 23.3 Å².